The second-order valence-corrected chi connectivity index (χ2v) is 6.25. The first-order valence-electron chi connectivity index (χ1n) is 8.74. The Bertz CT molecular complexity index is 982. The van der Waals surface area contributed by atoms with Gasteiger partial charge in [-0.1, -0.05) is 29.8 Å². The maximum Gasteiger partial charge on any atom is 0.259 e. The van der Waals surface area contributed by atoms with Gasteiger partial charge in [-0.3, -0.25) is 9.48 Å². The Balaban J connectivity index is 1.78. The molecule has 1 aromatic heterocycles. The quantitative estimate of drug-likeness (QED) is 0.678. The third-order valence-corrected chi connectivity index (χ3v) is 4.27. The highest BCUT2D eigenvalue weighted by molar-refractivity contribution is 6.06. The minimum absolute atomic E-state index is 0.312. The van der Waals surface area contributed by atoms with Crippen molar-refractivity contribution in [3.63, 3.8) is 0 Å². The van der Waals surface area contributed by atoms with Crippen LogP contribution >= 0.6 is 0 Å². The lowest BCUT2D eigenvalue weighted by atomic mass is 10.1. The van der Waals surface area contributed by atoms with Crippen LogP contribution in [0.15, 0.2) is 48.8 Å². The summed E-state index contributed by atoms with van der Waals surface area (Å²) in [6.45, 7) is 2.67. The Kier molecular flexibility index (Phi) is 5.84. The van der Waals surface area contributed by atoms with Gasteiger partial charge in [0.25, 0.3) is 5.91 Å². The third-order valence-electron chi connectivity index (χ3n) is 4.27. The molecule has 0 saturated carbocycles. The third kappa shape index (κ3) is 4.09. The molecule has 0 aliphatic carbocycles. The maximum atomic E-state index is 12.7. The molecule has 7 nitrogen and oxygen atoms in total. The number of hydrogen-bond donors (Lipinski definition) is 1. The lowest BCUT2D eigenvalue weighted by molar-refractivity contribution is 0.102. The van der Waals surface area contributed by atoms with Crippen LogP contribution < -0.4 is 19.5 Å². The molecule has 0 saturated heterocycles. The molecule has 0 atom stereocenters. The molecule has 146 valence electrons. The van der Waals surface area contributed by atoms with E-state index in [9.17, 15) is 4.79 Å². The van der Waals surface area contributed by atoms with Crippen LogP contribution in [0, 0.1) is 6.92 Å². The summed E-state index contributed by atoms with van der Waals surface area (Å²) in [6, 6.07) is 11.5. The average Bonchev–Trinajstić information content (AvgIpc) is 3.13. The van der Waals surface area contributed by atoms with Gasteiger partial charge in [0.05, 0.1) is 45.3 Å². The Hall–Kier alpha value is -3.48. The Morgan fingerprint density at radius 3 is 2.54 bits per heavy atom. The van der Waals surface area contributed by atoms with Crippen LogP contribution in [0.5, 0.6) is 17.2 Å². The standard InChI is InChI=1S/C21H23N3O4/c1-14-6-5-7-15(10-14)12-24-13-16(11-22-24)23-21(25)17-8-9-18(26-2)20(28-4)19(17)27-3/h5-11,13H,12H2,1-4H3,(H,23,25). The molecule has 1 N–H and O–H groups in total. The summed E-state index contributed by atoms with van der Waals surface area (Å²) >= 11 is 0. The number of hydrogen-bond acceptors (Lipinski definition) is 5. The van der Waals surface area contributed by atoms with Crippen molar-refractivity contribution in [2.45, 2.75) is 13.5 Å². The second kappa shape index (κ2) is 8.47. The van der Waals surface area contributed by atoms with E-state index < -0.39 is 0 Å². The van der Waals surface area contributed by atoms with Gasteiger partial charge in [-0.15, -0.1) is 0 Å². The number of methoxy groups -OCH3 is 3. The number of rotatable bonds is 7. The van der Waals surface area contributed by atoms with Crippen molar-refractivity contribution in [2.24, 2.45) is 0 Å². The van der Waals surface area contributed by atoms with E-state index in [2.05, 4.69) is 29.5 Å². The highest BCUT2D eigenvalue weighted by Gasteiger charge is 2.21. The molecule has 0 unspecified atom stereocenters. The number of anilines is 1. The van der Waals surface area contributed by atoms with E-state index in [-0.39, 0.29) is 5.91 Å². The molecule has 3 rings (SSSR count). The van der Waals surface area contributed by atoms with Crippen molar-refractivity contribution in [1.82, 2.24) is 9.78 Å². The SMILES string of the molecule is COc1ccc(C(=O)Nc2cnn(Cc3cccc(C)c3)c2)c(OC)c1OC. The summed E-state index contributed by atoms with van der Waals surface area (Å²) in [5, 5.41) is 7.16. The van der Waals surface area contributed by atoms with Crippen molar-refractivity contribution in [1.29, 1.82) is 0 Å². The number of carbonyl (C=O) groups is 1. The molecular formula is C21H23N3O4. The molecule has 1 heterocycles. The predicted octanol–water partition coefficient (Wildman–Crippen LogP) is 3.52. The topological polar surface area (TPSA) is 74.6 Å². The molecule has 0 spiro atoms. The van der Waals surface area contributed by atoms with Gasteiger partial charge in [-0.25, -0.2) is 0 Å². The fourth-order valence-electron chi connectivity index (χ4n) is 2.99. The minimum atomic E-state index is -0.326. The predicted molar refractivity (Wildman–Crippen MR) is 107 cm³/mol. The van der Waals surface area contributed by atoms with Gasteiger partial charge >= 0.3 is 0 Å². The lowest BCUT2D eigenvalue weighted by Crippen LogP contribution is -2.13. The molecule has 2 aromatic carbocycles. The summed E-state index contributed by atoms with van der Waals surface area (Å²) < 4.78 is 17.7. The van der Waals surface area contributed by atoms with Crippen LogP contribution in [0.2, 0.25) is 0 Å². The number of carbonyl (C=O) groups excluding carboxylic acids is 1. The van der Waals surface area contributed by atoms with E-state index in [0.717, 1.165) is 5.56 Å². The molecular weight excluding hydrogens is 358 g/mol. The number of nitrogens with one attached hydrogen (secondary N) is 1. The molecule has 0 fully saturated rings. The summed E-state index contributed by atoms with van der Waals surface area (Å²) in [4.78, 5) is 12.7. The first-order chi connectivity index (χ1) is 13.5. The van der Waals surface area contributed by atoms with Gasteiger partial charge in [0.2, 0.25) is 5.75 Å². The first kappa shape index (κ1) is 19.3. The molecule has 7 heteroatoms. The van der Waals surface area contributed by atoms with E-state index >= 15 is 0 Å². The van der Waals surface area contributed by atoms with Gasteiger partial charge in [-0.05, 0) is 24.6 Å². The molecule has 0 bridgehead atoms. The summed E-state index contributed by atoms with van der Waals surface area (Å²) in [7, 11) is 4.50. The molecule has 0 aliphatic heterocycles. The average molecular weight is 381 g/mol. The minimum Gasteiger partial charge on any atom is -0.493 e. The van der Waals surface area contributed by atoms with Crippen molar-refractivity contribution in [2.75, 3.05) is 26.6 Å². The van der Waals surface area contributed by atoms with Crippen LogP contribution in [-0.2, 0) is 6.54 Å². The number of benzene rings is 2. The zero-order valence-electron chi connectivity index (χ0n) is 16.4. The van der Waals surface area contributed by atoms with E-state index in [1.54, 1.807) is 29.2 Å². The van der Waals surface area contributed by atoms with Crippen LogP contribution in [0.3, 0.4) is 0 Å². The monoisotopic (exact) mass is 381 g/mol. The van der Waals surface area contributed by atoms with Crippen LogP contribution in [0.4, 0.5) is 5.69 Å². The van der Waals surface area contributed by atoms with Crippen molar-refractivity contribution < 1.29 is 19.0 Å². The number of amides is 1. The largest absolute Gasteiger partial charge is 0.493 e. The number of nitrogens with zero attached hydrogens (tertiary/aromatic N) is 2. The van der Waals surface area contributed by atoms with Crippen LogP contribution in [0.25, 0.3) is 0 Å². The molecule has 0 radical (unpaired) electrons. The molecule has 0 aliphatic rings. The second-order valence-electron chi connectivity index (χ2n) is 6.25. The summed E-state index contributed by atoms with van der Waals surface area (Å²) in [5.74, 6) is 0.842. The number of aryl methyl sites for hydroxylation is 1. The zero-order valence-corrected chi connectivity index (χ0v) is 16.4. The summed E-state index contributed by atoms with van der Waals surface area (Å²) in [6.07, 6.45) is 3.40. The van der Waals surface area contributed by atoms with Gasteiger partial charge < -0.3 is 19.5 Å². The van der Waals surface area contributed by atoms with Crippen molar-refractivity contribution in [3.05, 3.63) is 65.5 Å². The zero-order chi connectivity index (χ0) is 20.1. The fourth-order valence-corrected chi connectivity index (χ4v) is 2.99. The highest BCUT2D eigenvalue weighted by Crippen LogP contribution is 2.39. The Morgan fingerprint density at radius 1 is 1.07 bits per heavy atom. The van der Waals surface area contributed by atoms with Crippen LogP contribution in [0.1, 0.15) is 21.5 Å². The van der Waals surface area contributed by atoms with Gasteiger partial charge in [0, 0.05) is 6.20 Å². The van der Waals surface area contributed by atoms with Crippen molar-refractivity contribution in [3.8, 4) is 17.2 Å². The van der Waals surface area contributed by atoms with Gasteiger partial charge in [0.1, 0.15) is 0 Å². The van der Waals surface area contributed by atoms with E-state index in [0.29, 0.717) is 35.0 Å². The lowest BCUT2D eigenvalue weighted by Gasteiger charge is -2.15. The Morgan fingerprint density at radius 2 is 1.86 bits per heavy atom. The smallest absolute Gasteiger partial charge is 0.259 e. The Labute approximate surface area is 163 Å². The molecule has 28 heavy (non-hydrogen) atoms. The van der Waals surface area contributed by atoms with Crippen LogP contribution in [-0.4, -0.2) is 37.0 Å². The first-order valence-corrected chi connectivity index (χ1v) is 8.74. The number of aromatic nitrogens is 2. The van der Waals surface area contributed by atoms with Crippen molar-refractivity contribution >= 4 is 11.6 Å². The van der Waals surface area contributed by atoms with E-state index in [4.69, 9.17) is 14.2 Å². The van der Waals surface area contributed by atoms with E-state index in [1.807, 2.05) is 12.1 Å². The normalized spacial score (nSPS) is 10.4. The maximum absolute atomic E-state index is 12.7. The molecule has 1 amide bonds. The number of ether oxygens (including phenoxy) is 3. The van der Waals surface area contributed by atoms with Gasteiger partial charge in [-0.2, -0.15) is 5.10 Å². The van der Waals surface area contributed by atoms with E-state index in [1.165, 1.54) is 26.9 Å². The summed E-state index contributed by atoms with van der Waals surface area (Å²) in [5.41, 5.74) is 3.27. The molecule has 3 aromatic rings. The highest BCUT2D eigenvalue weighted by atomic mass is 16.5. The van der Waals surface area contributed by atoms with Gasteiger partial charge in [0.15, 0.2) is 11.5 Å². The fraction of sp³-hybridized carbons (Fsp3) is 0.238.